The number of anilines is 1. The summed E-state index contributed by atoms with van der Waals surface area (Å²) in [5.41, 5.74) is 3.17. The number of hydrogen-bond acceptors (Lipinski definition) is 2. The molecule has 0 spiro atoms. The number of ketones is 1. The van der Waals surface area contributed by atoms with E-state index in [1.165, 1.54) is 0 Å². The number of carbonyl (C=O) groups excluding carboxylic acids is 2. The normalized spacial score (nSPS) is 10.1. The molecule has 0 radical (unpaired) electrons. The minimum absolute atomic E-state index is 0.405. The van der Waals surface area contributed by atoms with Gasteiger partial charge in [0.25, 0.3) is 11.7 Å². The van der Waals surface area contributed by atoms with Crippen LogP contribution in [0.4, 0.5) is 5.69 Å². The maximum atomic E-state index is 12.0. The molecule has 0 unspecified atom stereocenters. The Bertz CT molecular complexity index is 630. The van der Waals surface area contributed by atoms with Crippen molar-refractivity contribution in [2.75, 3.05) is 5.32 Å². The van der Waals surface area contributed by atoms with Crippen molar-refractivity contribution >= 4 is 17.4 Å². The highest BCUT2D eigenvalue weighted by atomic mass is 16.2. The average molecular weight is 267 g/mol. The second-order valence-electron chi connectivity index (χ2n) is 4.66. The van der Waals surface area contributed by atoms with Crippen LogP contribution in [0.5, 0.6) is 0 Å². The number of benzene rings is 2. The Morgan fingerprint density at radius 3 is 2.30 bits per heavy atom. The van der Waals surface area contributed by atoms with E-state index in [4.69, 9.17) is 0 Å². The zero-order chi connectivity index (χ0) is 14.5. The van der Waals surface area contributed by atoms with Crippen LogP contribution in [0.3, 0.4) is 0 Å². The summed E-state index contributed by atoms with van der Waals surface area (Å²) in [5.74, 6) is -1.12. The van der Waals surface area contributed by atoms with Crippen LogP contribution in [0.25, 0.3) is 0 Å². The summed E-state index contributed by atoms with van der Waals surface area (Å²) in [4.78, 5) is 24.1. The van der Waals surface area contributed by atoms with Gasteiger partial charge in [-0.25, -0.2) is 0 Å². The number of amides is 1. The second-order valence-corrected chi connectivity index (χ2v) is 4.66. The van der Waals surface area contributed by atoms with Crippen molar-refractivity contribution < 1.29 is 9.59 Å². The van der Waals surface area contributed by atoms with Gasteiger partial charge in [0.15, 0.2) is 0 Å². The maximum absolute atomic E-state index is 12.0. The van der Waals surface area contributed by atoms with Crippen LogP contribution in [0, 0.1) is 6.92 Å². The quantitative estimate of drug-likeness (QED) is 0.682. The fourth-order valence-corrected chi connectivity index (χ4v) is 1.97. The van der Waals surface area contributed by atoms with Gasteiger partial charge in [0.2, 0.25) is 0 Å². The molecule has 3 nitrogen and oxygen atoms in total. The lowest BCUT2D eigenvalue weighted by Gasteiger charge is -2.09. The SMILES string of the molecule is CCc1ccccc1NC(=O)C(=O)c1ccc(C)cc1. The molecule has 102 valence electrons. The van der Waals surface area contributed by atoms with Crippen LogP contribution in [-0.2, 0) is 11.2 Å². The zero-order valence-electron chi connectivity index (χ0n) is 11.6. The van der Waals surface area contributed by atoms with E-state index in [0.29, 0.717) is 11.3 Å². The summed E-state index contributed by atoms with van der Waals surface area (Å²) in [5, 5.41) is 2.69. The molecular formula is C17H17NO2. The fourth-order valence-electron chi connectivity index (χ4n) is 1.97. The van der Waals surface area contributed by atoms with E-state index >= 15 is 0 Å². The first-order chi connectivity index (χ1) is 9.61. The molecule has 0 bridgehead atoms. The van der Waals surface area contributed by atoms with Gasteiger partial charge in [-0.05, 0) is 25.0 Å². The molecule has 0 fully saturated rings. The van der Waals surface area contributed by atoms with Gasteiger partial charge in [-0.1, -0.05) is 55.0 Å². The van der Waals surface area contributed by atoms with E-state index in [1.807, 2.05) is 44.2 Å². The van der Waals surface area contributed by atoms with Crippen molar-refractivity contribution in [3.05, 3.63) is 65.2 Å². The molecule has 0 aliphatic rings. The van der Waals surface area contributed by atoms with Crippen molar-refractivity contribution in [2.24, 2.45) is 0 Å². The zero-order valence-corrected chi connectivity index (χ0v) is 11.6. The van der Waals surface area contributed by atoms with Gasteiger partial charge in [-0.15, -0.1) is 0 Å². The first-order valence-electron chi connectivity index (χ1n) is 6.62. The van der Waals surface area contributed by atoms with Crippen LogP contribution in [-0.4, -0.2) is 11.7 Å². The number of aryl methyl sites for hydroxylation is 2. The third-order valence-corrected chi connectivity index (χ3v) is 3.17. The van der Waals surface area contributed by atoms with Crippen LogP contribution in [0.1, 0.15) is 28.4 Å². The fraction of sp³-hybridized carbons (Fsp3) is 0.176. The van der Waals surface area contributed by atoms with Gasteiger partial charge in [-0.3, -0.25) is 9.59 Å². The highest BCUT2D eigenvalue weighted by molar-refractivity contribution is 6.46. The Morgan fingerprint density at radius 1 is 1.00 bits per heavy atom. The molecule has 2 aromatic carbocycles. The van der Waals surface area contributed by atoms with Crippen molar-refractivity contribution in [3.63, 3.8) is 0 Å². The number of carbonyl (C=O) groups is 2. The first-order valence-corrected chi connectivity index (χ1v) is 6.62. The van der Waals surface area contributed by atoms with Gasteiger partial charge in [0, 0.05) is 11.3 Å². The van der Waals surface area contributed by atoms with E-state index in [-0.39, 0.29) is 0 Å². The van der Waals surface area contributed by atoms with Gasteiger partial charge in [0.05, 0.1) is 0 Å². The van der Waals surface area contributed by atoms with Gasteiger partial charge >= 0.3 is 0 Å². The number of rotatable bonds is 4. The lowest BCUT2D eigenvalue weighted by molar-refractivity contribution is -0.112. The predicted octanol–water partition coefficient (Wildman–Crippen LogP) is 3.38. The smallest absolute Gasteiger partial charge is 0.296 e. The van der Waals surface area contributed by atoms with E-state index in [0.717, 1.165) is 17.5 Å². The molecule has 0 saturated heterocycles. The molecule has 1 N–H and O–H groups in total. The standard InChI is InChI=1S/C17H17NO2/c1-3-13-6-4-5-7-15(13)18-17(20)16(19)14-10-8-12(2)9-11-14/h4-11H,3H2,1-2H3,(H,18,20). The van der Waals surface area contributed by atoms with Crippen LogP contribution in [0.2, 0.25) is 0 Å². The number of para-hydroxylation sites is 1. The van der Waals surface area contributed by atoms with E-state index in [1.54, 1.807) is 18.2 Å². The molecule has 2 aromatic rings. The van der Waals surface area contributed by atoms with E-state index in [2.05, 4.69) is 5.32 Å². The highest BCUT2D eigenvalue weighted by Gasteiger charge is 2.16. The molecular weight excluding hydrogens is 250 g/mol. The van der Waals surface area contributed by atoms with Crippen molar-refractivity contribution in [1.82, 2.24) is 0 Å². The van der Waals surface area contributed by atoms with Crippen LogP contribution in [0.15, 0.2) is 48.5 Å². The molecule has 0 aromatic heterocycles. The molecule has 20 heavy (non-hydrogen) atoms. The van der Waals surface area contributed by atoms with Crippen LogP contribution >= 0.6 is 0 Å². The molecule has 2 rings (SSSR count). The average Bonchev–Trinajstić information content (AvgIpc) is 2.48. The van der Waals surface area contributed by atoms with Crippen LogP contribution < -0.4 is 5.32 Å². The lowest BCUT2D eigenvalue weighted by atomic mass is 10.1. The first kappa shape index (κ1) is 14.0. The molecule has 0 saturated carbocycles. The summed E-state index contributed by atoms with van der Waals surface area (Å²) in [7, 11) is 0. The molecule has 0 aliphatic heterocycles. The number of nitrogens with one attached hydrogen (secondary N) is 1. The summed E-state index contributed by atoms with van der Waals surface area (Å²) >= 11 is 0. The molecule has 0 heterocycles. The van der Waals surface area contributed by atoms with Crippen molar-refractivity contribution in [2.45, 2.75) is 20.3 Å². The molecule has 1 amide bonds. The Kier molecular flexibility index (Phi) is 4.31. The second kappa shape index (κ2) is 6.15. The largest absolute Gasteiger partial charge is 0.319 e. The summed E-state index contributed by atoms with van der Waals surface area (Å²) in [6.07, 6.45) is 0.801. The monoisotopic (exact) mass is 267 g/mol. The van der Waals surface area contributed by atoms with Gasteiger partial charge in [0.1, 0.15) is 0 Å². The van der Waals surface area contributed by atoms with Gasteiger partial charge < -0.3 is 5.32 Å². The minimum Gasteiger partial charge on any atom is -0.319 e. The third-order valence-electron chi connectivity index (χ3n) is 3.17. The minimum atomic E-state index is -0.602. The number of Topliss-reactive ketones (excluding diaryl/α,β-unsaturated/α-hetero) is 1. The predicted molar refractivity (Wildman–Crippen MR) is 80.0 cm³/mol. The Morgan fingerprint density at radius 2 is 1.65 bits per heavy atom. The summed E-state index contributed by atoms with van der Waals surface area (Å²) in [6, 6.07) is 14.5. The summed E-state index contributed by atoms with van der Waals surface area (Å²) < 4.78 is 0. The third kappa shape index (κ3) is 3.12. The Hall–Kier alpha value is -2.42. The van der Waals surface area contributed by atoms with Gasteiger partial charge in [-0.2, -0.15) is 0 Å². The van der Waals surface area contributed by atoms with Crippen molar-refractivity contribution in [3.8, 4) is 0 Å². The van der Waals surface area contributed by atoms with E-state index < -0.39 is 11.7 Å². The Balaban J connectivity index is 2.15. The summed E-state index contributed by atoms with van der Waals surface area (Å²) in [6.45, 7) is 3.94. The molecule has 0 aliphatic carbocycles. The maximum Gasteiger partial charge on any atom is 0.296 e. The topological polar surface area (TPSA) is 46.2 Å². The number of hydrogen-bond donors (Lipinski definition) is 1. The van der Waals surface area contributed by atoms with Crippen molar-refractivity contribution in [1.29, 1.82) is 0 Å². The molecule has 0 atom stereocenters. The van der Waals surface area contributed by atoms with E-state index in [9.17, 15) is 9.59 Å². The Labute approximate surface area is 118 Å². The molecule has 3 heteroatoms. The highest BCUT2D eigenvalue weighted by Crippen LogP contribution is 2.16. The lowest BCUT2D eigenvalue weighted by Crippen LogP contribution is -2.23.